The van der Waals surface area contributed by atoms with Crippen LogP contribution in [0, 0.1) is 6.92 Å². The fraction of sp³-hybridized carbons (Fsp3) is 0.133. The van der Waals surface area contributed by atoms with Crippen molar-refractivity contribution >= 4 is 40.3 Å². The molecule has 2 aromatic carbocycles. The largest absolute Gasteiger partial charge is 0.495 e. The monoisotopic (exact) mass is 306 g/mol. The van der Waals surface area contributed by atoms with E-state index in [0.29, 0.717) is 10.1 Å². The number of hydrogen-bond donors (Lipinski definition) is 2. The summed E-state index contributed by atoms with van der Waals surface area (Å²) >= 11 is 11.1. The molecule has 0 aliphatic carbocycles. The lowest BCUT2D eigenvalue weighted by atomic mass is 10.2. The molecule has 0 saturated heterocycles. The van der Waals surface area contributed by atoms with E-state index in [1.54, 1.807) is 19.2 Å². The summed E-state index contributed by atoms with van der Waals surface area (Å²) in [7, 11) is 1.63. The molecule has 104 valence electrons. The van der Waals surface area contributed by atoms with Crippen LogP contribution in [0.4, 0.5) is 11.4 Å². The van der Waals surface area contributed by atoms with Crippen molar-refractivity contribution in [3.8, 4) is 5.75 Å². The van der Waals surface area contributed by atoms with Crippen LogP contribution in [-0.4, -0.2) is 12.2 Å². The first-order chi connectivity index (χ1) is 9.58. The van der Waals surface area contributed by atoms with E-state index in [2.05, 4.69) is 10.6 Å². The molecule has 2 aromatic rings. The molecule has 2 rings (SSSR count). The van der Waals surface area contributed by atoms with E-state index in [9.17, 15) is 0 Å². The first-order valence-corrected chi connectivity index (χ1v) is 6.85. The second-order valence-electron chi connectivity index (χ2n) is 4.29. The molecular formula is C15H15ClN2OS. The van der Waals surface area contributed by atoms with E-state index < -0.39 is 0 Å². The number of methoxy groups -OCH3 is 1. The van der Waals surface area contributed by atoms with Crippen molar-refractivity contribution in [2.75, 3.05) is 17.7 Å². The summed E-state index contributed by atoms with van der Waals surface area (Å²) in [5, 5.41) is 7.41. The van der Waals surface area contributed by atoms with Crippen LogP contribution in [-0.2, 0) is 0 Å². The smallest absolute Gasteiger partial charge is 0.175 e. The summed E-state index contributed by atoms with van der Waals surface area (Å²) < 4.78 is 5.30. The Bertz CT molecular complexity index is 614. The fourth-order valence-corrected chi connectivity index (χ4v) is 2.09. The number of anilines is 2. The lowest BCUT2D eigenvalue weighted by molar-refractivity contribution is 0.417. The van der Waals surface area contributed by atoms with Crippen LogP contribution < -0.4 is 15.4 Å². The van der Waals surface area contributed by atoms with Crippen LogP contribution in [0.25, 0.3) is 0 Å². The number of ether oxygens (including phenoxy) is 1. The summed E-state index contributed by atoms with van der Waals surface area (Å²) in [6, 6.07) is 13.2. The zero-order valence-electron chi connectivity index (χ0n) is 11.2. The molecule has 2 N–H and O–H groups in total. The lowest BCUT2D eigenvalue weighted by Gasteiger charge is -2.14. The Balaban J connectivity index is 2.08. The van der Waals surface area contributed by atoms with Crippen LogP contribution in [0.15, 0.2) is 42.5 Å². The molecule has 5 heteroatoms. The molecule has 20 heavy (non-hydrogen) atoms. The normalized spacial score (nSPS) is 9.95. The zero-order chi connectivity index (χ0) is 14.5. The van der Waals surface area contributed by atoms with E-state index in [1.165, 1.54) is 0 Å². The average Bonchev–Trinajstić information content (AvgIpc) is 2.41. The second kappa shape index (κ2) is 6.59. The Labute approximate surface area is 128 Å². The predicted molar refractivity (Wildman–Crippen MR) is 89.0 cm³/mol. The Morgan fingerprint density at radius 1 is 1.10 bits per heavy atom. The van der Waals surface area contributed by atoms with Gasteiger partial charge in [-0.05, 0) is 61.1 Å². The van der Waals surface area contributed by atoms with Gasteiger partial charge < -0.3 is 15.4 Å². The quantitative estimate of drug-likeness (QED) is 0.820. The highest BCUT2D eigenvalue weighted by Gasteiger charge is 2.05. The van der Waals surface area contributed by atoms with E-state index in [1.807, 2.05) is 37.3 Å². The Kier molecular flexibility index (Phi) is 4.82. The molecule has 0 fully saturated rings. The standard InChI is InChI=1S/C15H15ClN2OS/c1-10-3-8-14(19-2)13(9-10)18-15(20)17-12-6-4-11(16)5-7-12/h3-9H,1-2H3,(H2,17,18,20). The van der Waals surface area contributed by atoms with E-state index in [0.717, 1.165) is 22.7 Å². The molecule has 0 radical (unpaired) electrons. The SMILES string of the molecule is COc1ccc(C)cc1NC(=S)Nc1ccc(Cl)cc1. The highest BCUT2D eigenvalue weighted by molar-refractivity contribution is 7.80. The number of nitrogens with one attached hydrogen (secondary N) is 2. The van der Waals surface area contributed by atoms with Crippen LogP contribution in [0.2, 0.25) is 5.02 Å². The molecule has 0 aliphatic heterocycles. The molecule has 0 heterocycles. The van der Waals surface area contributed by atoms with Gasteiger partial charge in [0.1, 0.15) is 5.75 Å². The summed E-state index contributed by atoms with van der Waals surface area (Å²) in [5.41, 5.74) is 2.83. The minimum atomic E-state index is 0.497. The number of halogens is 1. The van der Waals surface area contributed by atoms with Gasteiger partial charge in [0.05, 0.1) is 12.8 Å². The zero-order valence-corrected chi connectivity index (χ0v) is 12.8. The maximum absolute atomic E-state index is 5.84. The van der Waals surface area contributed by atoms with Crippen LogP contribution in [0.5, 0.6) is 5.75 Å². The maximum atomic E-state index is 5.84. The van der Waals surface area contributed by atoms with Crippen molar-refractivity contribution in [3.05, 3.63) is 53.1 Å². The van der Waals surface area contributed by atoms with Gasteiger partial charge in [-0.2, -0.15) is 0 Å². The summed E-state index contributed by atoms with van der Waals surface area (Å²) in [4.78, 5) is 0. The third-order valence-electron chi connectivity index (χ3n) is 2.71. The first kappa shape index (κ1) is 14.6. The van der Waals surface area contributed by atoms with Gasteiger partial charge in [-0.3, -0.25) is 0 Å². The van der Waals surface area contributed by atoms with Gasteiger partial charge in [-0.25, -0.2) is 0 Å². The van der Waals surface area contributed by atoms with Gasteiger partial charge in [0.25, 0.3) is 0 Å². The second-order valence-corrected chi connectivity index (χ2v) is 5.13. The molecular weight excluding hydrogens is 292 g/mol. The van der Waals surface area contributed by atoms with Crippen molar-refractivity contribution in [1.29, 1.82) is 0 Å². The van der Waals surface area contributed by atoms with Crippen LogP contribution >= 0.6 is 23.8 Å². The highest BCUT2D eigenvalue weighted by atomic mass is 35.5. The van der Waals surface area contributed by atoms with Gasteiger partial charge in [0.15, 0.2) is 5.11 Å². The average molecular weight is 307 g/mol. The molecule has 0 atom stereocenters. The van der Waals surface area contributed by atoms with Gasteiger partial charge in [-0.1, -0.05) is 17.7 Å². The Morgan fingerprint density at radius 2 is 1.80 bits per heavy atom. The topological polar surface area (TPSA) is 33.3 Å². The third-order valence-corrected chi connectivity index (χ3v) is 3.16. The van der Waals surface area contributed by atoms with Gasteiger partial charge in [0.2, 0.25) is 0 Å². The van der Waals surface area contributed by atoms with Gasteiger partial charge >= 0.3 is 0 Å². The lowest BCUT2D eigenvalue weighted by Crippen LogP contribution is -2.19. The van der Waals surface area contributed by atoms with Crippen molar-refractivity contribution in [1.82, 2.24) is 0 Å². The molecule has 0 aliphatic rings. The predicted octanol–water partition coefficient (Wildman–Crippen LogP) is 4.47. The highest BCUT2D eigenvalue weighted by Crippen LogP contribution is 2.25. The molecule has 3 nitrogen and oxygen atoms in total. The van der Waals surface area contributed by atoms with Crippen molar-refractivity contribution in [2.24, 2.45) is 0 Å². The third kappa shape index (κ3) is 3.85. The number of rotatable bonds is 3. The molecule has 0 aromatic heterocycles. The van der Waals surface area contributed by atoms with Gasteiger partial charge in [0, 0.05) is 10.7 Å². The fourth-order valence-electron chi connectivity index (χ4n) is 1.74. The van der Waals surface area contributed by atoms with E-state index in [4.69, 9.17) is 28.6 Å². The van der Waals surface area contributed by atoms with Crippen molar-refractivity contribution in [3.63, 3.8) is 0 Å². The molecule has 0 unspecified atom stereocenters. The Hall–Kier alpha value is -1.78. The number of benzene rings is 2. The summed E-state index contributed by atoms with van der Waals surface area (Å²) in [6.45, 7) is 2.01. The summed E-state index contributed by atoms with van der Waals surface area (Å²) in [5.74, 6) is 0.746. The number of aryl methyl sites for hydroxylation is 1. The molecule has 0 saturated carbocycles. The number of hydrogen-bond acceptors (Lipinski definition) is 2. The number of thiocarbonyl (C=S) groups is 1. The maximum Gasteiger partial charge on any atom is 0.175 e. The molecule has 0 spiro atoms. The van der Waals surface area contributed by atoms with Crippen molar-refractivity contribution < 1.29 is 4.74 Å². The molecule has 0 bridgehead atoms. The Morgan fingerprint density at radius 3 is 2.45 bits per heavy atom. The van der Waals surface area contributed by atoms with Crippen molar-refractivity contribution in [2.45, 2.75) is 6.92 Å². The van der Waals surface area contributed by atoms with E-state index >= 15 is 0 Å². The van der Waals surface area contributed by atoms with E-state index in [-0.39, 0.29) is 0 Å². The van der Waals surface area contributed by atoms with Crippen LogP contribution in [0.3, 0.4) is 0 Å². The summed E-state index contributed by atoms with van der Waals surface area (Å²) in [6.07, 6.45) is 0. The van der Waals surface area contributed by atoms with Gasteiger partial charge in [-0.15, -0.1) is 0 Å². The van der Waals surface area contributed by atoms with Crippen LogP contribution in [0.1, 0.15) is 5.56 Å². The minimum absolute atomic E-state index is 0.497. The first-order valence-electron chi connectivity index (χ1n) is 6.06. The molecule has 0 amide bonds. The minimum Gasteiger partial charge on any atom is -0.495 e.